The predicted octanol–water partition coefficient (Wildman–Crippen LogP) is 2.23. The monoisotopic (exact) mass is 194 g/mol. The largest absolute Gasteiger partial charge is 0.492 e. The summed E-state index contributed by atoms with van der Waals surface area (Å²) in [5.74, 6) is -0.0344. The van der Waals surface area contributed by atoms with Gasteiger partial charge in [-0.25, -0.2) is 4.98 Å². The van der Waals surface area contributed by atoms with Crippen molar-refractivity contribution < 1.29 is 5.11 Å². The lowest BCUT2D eigenvalue weighted by molar-refractivity contribution is 0.443. The number of hydrogen-bond donors (Lipinski definition) is 1. The van der Waals surface area contributed by atoms with Crippen molar-refractivity contribution in [2.24, 2.45) is 0 Å². The summed E-state index contributed by atoms with van der Waals surface area (Å²) in [6, 6.07) is 9.37. The van der Waals surface area contributed by atoms with E-state index >= 15 is 0 Å². The zero-order chi connectivity index (χ0) is 9.26. The van der Waals surface area contributed by atoms with E-state index in [1.165, 1.54) is 10.9 Å². The van der Waals surface area contributed by atoms with Gasteiger partial charge in [-0.15, -0.1) is 0 Å². The molecule has 66 valence electrons. The minimum atomic E-state index is -0.0344. The number of benzene rings is 1. The van der Waals surface area contributed by atoms with Gasteiger partial charge >= 0.3 is 0 Å². The fraction of sp³-hybridized carbons (Fsp3) is 0. The van der Waals surface area contributed by atoms with Crippen LogP contribution < -0.4 is 0 Å². The summed E-state index contributed by atoms with van der Waals surface area (Å²) in [4.78, 5) is 3.77. The van der Waals surface area contributed by atoms with E-state index in [1.807, 2.05) is 30.3 Å². The van der Waals surface area contributed by atoms with Crippen molar-refractivity contribution in [3.8, 4) is 11.6 Å². The second-order valence-corrected chi connectivity index (χ2v) is 2.92. The smallest absolute Gasteiger partial charge is 0.235 e. The van der Waals surface area contributed by atoms with Gasteiger partial charge in [0, 0.05) is 0 Å². The highest BCUT2D eigenvalue weighted by Crippen LogP contribution is 2.24. The molecule has 0 aliphatic carbocycles. The zero-order valence-electron chi connectivity index (χ0n) is 6.68. The molecule has 0 bridgehead atoms. The molecule has 1 heterocycles. The molecule has 0 spiro atoms. The number of aromatic nitrogens is 2. The maximum atomic E-state index is 9.46. The number of hydrogen-bond acceptors (Lipinski definition) is 2. The summed E-state index contributed by atoms with van der Waals surface area (Å²) >= 11 is 5.60. The van der Waals surface area contributed by atoms with Crippen LogP contribution in [-0.4, -0.2) is 14.7 Å². The van der Waals surface area contributed by atoms with Crippen molar-refractivity contribution in [2.45, 2.75) is 0 Å². The number of nitrogens with zero attached hydrogens (tertiary/aromatic N) is 2. The third-order valence-electron chi connectivity index (χ3n) is 1.73. The number of halogens is 1. The van der Waals surface area contributed by atoms with E-state index in [2.05, 4.69) is 4.98 Å². The van der Waals surface area contributed by atoms with Gasteiger partial charge in [-0.2, -0.15) is 0 Å². The first-order valence-electron chi connectivity index (χ1n) is 3.76. The highest BCUT2D eigenvalue weighted by atomic mass is 35.5. The van der Waals surface area contributed by atoms with E-state index in [9.17, 15) is 5.11 Å². The maximum Gasteiger partial charge on any atom is 0.235 e. The van der Waals surface area contributed by atoms with E-state index < -0.39 is 0 Å². The van der Waals surface area contributed by atoms with E-state index in [0.29, 0.717) is 0 Å². The molecule has 1 aromatic heterocycles. The van der Waals surface area contributed by atoms with E-state index in [1.54, 1.807) is 0 Å². The molecule has 3 nitrogen and oxygen atoms in total. The molecular weight excluding hydrogens is 188 g/mol. The van der Waals surface area contributed by atoms with Gasteiger partial charge in [-0.05, 0) is 12.1 Å². The van der Waals surface area contributed by atoms with Crippen LogP contribution in [0.4, 0.5) is 0 Å². The van der Waals surface area contributed by atoms with Gasteiger partial charge in [0.15, 0.2) is 5.15 Å². The minimum Gasteiger partial charge on any atom is -0.492 e. The first kappa shape index (κ1) is 8.13. The van der Waals surface area contributed by atoms with E-state index in [0.717, 1.165) is 5.69 Å². The molecule has 0 amide bonds. The normalized spacial score (nSPS) is 10.2. The Labute approximate surface area is 80.2 Å². The van der Waals surface area contributed by atoms with Crippen LogP contribution in [0.25, 0.3) is 5.69 Å². The fourth-order valence-corrected chi connectivity index (χ4v) is 1.23. The van der Waals surface area contributed by atoms with Gasteiger partial charge in [0.25, 0.3) is 0 Å². The molecule has 0 radical (unpaired) electrons. The van der Waals surface area contributed by atoms with Crippen LogP contribution in [0.2, 0.25) is 5.15 Å². The maximum absolute atomic E-state index is 9.46. The van der Waals surface area contributed by atoms with Crippen LogP contribution in [0.1, 0.15) is 0 Å². The Morgan fingerprint density at radius 1 is 1.23 bits per heavy atom. The van der Waals surface area contributed by atoms with Crippen LogP contribution in [0.5, 0.6) is 5.88 Å². The molecule has 2 aromatic rings. The molecule has 1 aromatic carbocycles. The molecule has 4 heteroatoms. The van der Waals surface area contributed by atoms with Crippen molar-refractivity contribution in [3.63, 3.8) is 0 Å². The second-order valence-electron chi connectivity index (χ2n) is 2.56. The number of imidazole rings is 1. The molecule has 0 atom stereocenters. The molecule has 0 fully saturated rings. The van der Waals surface area contributed by atoms with Gasteiger partial charge in [0.2, 0.25) is 5.88 Å². The average Bonchev–Trinajstić information content (AvgIpc) is 2.49. The highest BCUT2D eigenvalue weighted by molar-refractivity contribution is 6.30. The van der Waals surface area contributed by atoms with Crippen molar-refractivity contribution in [2.75, 3.05) is 0 Å². The lowest BCUT2D eigenvalue weighted by atomic mass is 10.3. The van der Waals surface area contributed by atoms with E-state index in [-0.39, 0.29) is 11.0 Å². The highest BCUT2D eigenvalue weighted by Gasteiger charge is 2.07. The molecule has 0 aliphatic rings. The Morgan fingerprint density at radius 2 is 1.92 bits per heavy atom. The average molecular weight is 195 g/mol. The van der Waals surface area contributed by atoms with Crippen molar-refractivity contribution in [1.29, 1.82) is 0 Å². The third kappa shape index (κ3) is 1.38. The van der Waals surface area contributed by atoms with Gasteiger partial charge in [-0.1, -0.05) is 29.8 Å². The first-order valence-corrected chi connectivity index (χ1v) is 4.14. The predicted molar refractivity (Wildman–Crippen MR) is 50.2 cm³/mol. The van der Waals surface area contributed by atoms with Crippen molar-refractivity contribution in [3.05, 3.63) is 41.8 Å². The summed E-state index contributed by atoms with van der Waals surface area (Å²) in [5.41, 5.74) is 0.833. The third-order valence-corrected chi connectivity index (χ3v) is 2.00. The summed E-state index contributed by atoms with van der Waals surface area (Å²) < 4.78 is 1.52. The summed E-state index contributed by atoms with van der Waals surface area (Å²) in [6.45, 7) is 0. The van der Waals surface area contributed by atoms with Gasteiger partial charge in [-0.3, -0.25) is 4.57 Å². The Bertz CT molecular complexity index is 411. The van der Waals surface area contributed by atoms with Crippen LogP contribution in [0.15, 0.2) is 36.7 Å². The topological polar surface area (TPSA) is 38.1 Å². The Balaban J connectivity index is 2.53. The zero-order valence-corrected chi connectivity index (χ0v) is 7.44. The lowest BCUT2D eigenvalue weighted by Crippen LogP contribution is -1.89. The molecule has 0 aliphatic heterocycles. The summed E-state index contributed by atoms with van der Waals surface area (Å²) in [6.07, 6.45) is 1.48. The Hall–Kier alpha value is -1.48. The molecular formula is C9H7ClN2O. The van der Waals surface area contributed by atoms with Gasteiger partial charge in [0.05, 0.1) is 5.69 Å². The molecule has 13 heavy (non-hydrogen) atoms. The minimum absolute atomic E-state index is 0.0344. The van der Waals surface area contributed by atoms with Crippen LogP contribution in [0, 0.1) is 0 Å². The number of rotatable bonds is 1. The quantitative estimate of drug-likeness (QED) is 0.756. The van der Waals surface area contributed by atoms with Crippen LogP contribution >= 0.6 is 11.6 Å². The van der Waals surface area contributed by atoms with Gasteiger partial charge < -0.3 is 5.11 Å². The van der Waals surface area contributed by atoms with Crippen LogP contribution in [-0.2, 0) is 0 Å². The Morgan fingerprint density at radius 3 is 2.46 bits per heavy atom. The van der Waals surface area contributed by atoms with Crippen LogP contribution in [0.3, 0.4) is 0 Å². The molecule has 0 saturated heterocycles. The van der Waals surface area contributed by atoms with Gasteiger partial charge in [0.1, 0.15) is 6.33 Å². The fourth-order valence-electron chi connectivity index (χ4n) is 1.10. The SMILES string of the molecule is Oc1c(Cl)ncn1-c1ccccc1. The number of para-hydroxylation sites is 1. The Kier molecular flexibility index (Phi) is 1.94. The van der Waals surface area contributed by atoms with Crippen molar-refractivity contribution >= 4 is 11.6 Å². The van der Waals surface area contributed by atoms with E-state index in [4.69, 9.17) is 11.6 Å². The summed E-state index contributed by atoms with van der Waals surface area (Å²) in [5, 5.41) is 9.57. The molecule has 1 N–H and O–H groups in total. The summed E-state index contributed by atoms with van der Waals surface area (Å²) in [7, 11) is 0. The molecule has 0 saturated carbocycles. The lowest BCUT2D eigenvalue weighted by Gasteiger charge is -2.01. The second kappa shape index (κ2) is 3.11. The number of aromatic hydroxyl groups is 1. The first-order chi connectivity index (χ1) is 6.29. The molecule has 0 unspecified atom stereocenters. The molecule has 2 rings (SSSR count). The van der Waals surface area contributed by atoms with Crippen molar-refractivity contribution in [1.82, 2.24) is 9.55 Å². The standard InChI is InChI=1S/C9H7ClN2O/c10-8-9(13)12(6-11-8)7-4-2-1-3-5-7/h1-6,13H.